The zero-order valence-corrected chi connectivity index (χ0v) is 28.6. The average Bonchev–Trinajstić information content (AvgIpc) is 3.08. The summed E-state index contributed by atoms with van der Waals surface area (Å²) in [5, 5.41) is 2.41. The lowest BCUT2D eigenvalue weighted by Crippen LogP contribution is -2.14. The lowest BCUT2D eigenvalue weighted by molar-refractivity contribution is 0.928. The number of hydrogen-bond donors (Lipinski definition) is 0. The Kier molecular flexibility index (Phi) is 8.37. The van der Waals surface area contributed by atoms with Crippen LogP contribution < -0.4 is 4.90 Å². The molecule has 3 nitrogen and oxygen atoms in total. The molecule has 0 atom stereocenters. The summed E-state index contributed by atoms with van der Waals surface area (Å²) in [6, 6.07) is 44.1. The Hall–Kier alpha value is -5.54. The van der Waals surface area contributed by atoms with E-state index in [-0.39, 0.29) is 5.92 Å². The molecule has 0 bridgehead atoms. The summed E-state index contributed by atoms with van der Waals surface area (Å²) in [5.74, 6) is 0.888. The van der Waals surface area contributed by atoms with Crippen LogP contribution in [0.25, 0.3) is 21.9 Å². The van der Waals surface area contributed by atoms with Gasteiger partial charge in [0, 0.05) is 23.2 Å². The smallest absolute Gasteiger partial charge is 0.140 e. The number of rotatable bonds is 7. The van der Waals surface area contributed by atoms with Gasteiger partial charge in [-0.05, 0) is 121 Å². The van der Waals surface area contributed by atoms with E-state index < -0.39 is 0 Å². The van der Waals surface area contributed by atoms with E-state index in [1.54, 1.807) is 6.33 Å². The lowest BCUT2D eigenvalue weighted by Gasteiger charge is -2.30. The summed E-state index contributed by atoms with van der Waals surface area (Å²) in [6.07, 6.45) is 3.44. The summed E-state index contributed by atoms with van der Waals surface area (Å²) >= 11 is 0. The predicted octanol–water partition coefficient (Wildman–Crippen LogP) is 11.8. The molecule has 0 amide bonds. The van der Waals surface area contributed by atoms with Crippen LogP contribution in [-0.4, -0.2) is 9.97 Å². The van der Waals surface area contributed by atoms with E-state index in [2.05, 4.69) is 167 Å². The van der Waals surface area contributed by atoms with Gasteiger partial charge in [-0.3, -0.25) is 4.90 Å². The second-order valence-electron chi connectivity index (χ2n) is 13.1. The van der Waals surface area contributed by atoms with E-state index in [1.807, 2.05) is 12.3 Å². The Morgan fingerprint density at radius 2 is 1.10 bits per heavy atom. The lowest BCUT2D eigenvalue weighted by atomic mass is 9.75. The third kappa shape index (κ3) is 5.77. The molecule has 0 saturated carbocycles. The van der Waals surface area contributed by atoms with Crippen LogP contribution in [0, 0.1) is 41.5 Å². The number of anilines is 3. The Balaban J connectivity index is 1.50. The monoisotopic (exact) mass is 623 g/mol. The van der Waals surface area contributed by atoms with E-state index in [9.17, 15) is 0 Å². The highest BCUT2D eigenvalue weighted by Crippen LogP contribution is 2.46. The van der Waals surface area contributed by atoms with E-state index in [0.717, 1.165) is 22.8 Å². The number of nitrogens with zero attached hydrogens (tertiary/aromatic N) is 3. The molecule has 0 aliphatic heterocycles. The SMILES string of the molecule is Cc1cc(C)c(C(c2c(C)cc(C)cc2C)c2ccc(N(c3cccc(-c4ccccc4)c3)c3ccncn3)c3ccccc23)c(C)c1. The molecule has 236 valence electrons. The molecule has 6 aromatic carbocycles. The highest BCUT2D eigenvalue weighted by Gasteiger charge is 2.27. The molecule has 0 saturated heterocycles. The van der Waals surface area contributed by atoms with Gasteiger partial charge >= 0.3 is 0 Å². The van der Waals surface area contributed by atoms with Crippen molar-refractivity contribution in [3.8, 4) is 11.1 Å². The van der Waals surface area contributed by atoms with Gasteiger partial charge in [0.1, 0.15) is 12.1 Å². The van der Waals surface area contributed by atoms with Gasteiger partial charge in [0.15, 0.2) is 0 Å². The fraction of sp³-hybridized carbons (Fsp3) is 0.156. The van der Waals surface area contributed by atoms with E-state index >= 15 is 0 Å². The van der Waals surface area contributed by atoms with Gasteiger partial charge in [-0.15, -0.1) is 0 Å². The van der Waals surface area contributed by atoms with Gasteiger partial charge in [0.25, 0.3) is 0 Å². The molecule has 0 aliphatic carbocycles. The Labute approximate surface area is 284 Å². The minimum Gasteiger partial charge on any atom is -0.294 e. The second-order valence-corrected chi connectivity index (χ2v) is 13.1. The van der Waals surface area contributed by atoms with Crippen molar-refractivity contribution in [2.75, 3.05) is 4.90 Å². The van der Waals surface area contributed by atoms with Crippen molar-refractivity contribution in [3.63, 3.8) is 0 Å². The van der Waals surface area contributed by atoms with Gasteiger partial charge in [0.05, 0.1) is 5.69 Å². The van der Waals surface area contributed by atoms with Gasteiger partial charge in [-0.1, -0.05) is 108 Å². The van der Waals surface area contributed by atoms with Crippen LogP contribution >= 0.6 is 0 Å². The molecule has 48 heavy (non-hydrogen) atoms. The standard InChI is InChI=1S/C45H41N3/c1-29-23-31(3)43(32(4)24-29)45(44-33(5)25-30(2)26-34(44)6)40-19-20-41(39-18-11-10-17-38(39)40)48(42-21-22-46-28-47-42)37-16-12-15-36(27-37)35-13-8-7-9-14-35/h7-28,45H,1-6H3. The summed E-state index contributed by atoms with van der Waals surface area (Å²) in [6.45, 7) is 13.5. The third-order valence-corrected chi connectivity index (χ3v) is 9.55. The van der Waals surface area contributed by atoms with Crippen LogP contribution in [0.3, 0.4) is 0 Å². The van der Waals surface area contributed by atoms with Crippen LogP contribution in [0.5, 0.6) is 0 Å². The molecule has 7 rings (SSSR count). The van der Waals surface area contributed by atoms with Gasteiger partial charge in [-0.25, -0.2) is 9.97 Å². The minimum atomic E-state index is 0.0686. The maximum atomic E-state index is 4.77. The summed E-state index contributed by atoms with van der Waals surface area (Å²) in [7, 11) is 0. The number of benzene rings is 6. The fourth-order valence-electron chi connectivity index (χ4n) is 7.77. The highest BCUT2D eigenvalue weighted by molar-refractivity contribution is 6.01. The fourth-order valence-corrected chi connectivity index (χ4v) is 7.77. The molecule has 0 radical (unpaired) electrons. The zero-order valence-electron chi connectivity index (χ0n) is 28.6. The topological polar surface area (TPSA) is 29.0 Å². The number of aromatic nitrogens is 2. The van der Waals surface area contributed by atoms with Crippen molar-refractivity contribution < 1.29 is 0 Å². The molecule has 1 heterocycles. The van der Waals surface area contributed by atoms with Crippen molar-refractivity contribution in [2.45, 2.75) is 47.5 Å². The van der Waals surface area contributed by atoms with Gasteiger partial charge in [0.2, 0.25) is 0 Å². The largest absolute Gasteiger partial charge is 0.294 e. The third-order valence-electron chi connectivity index (χ3n) is 9.55. The van der Waals surface area contributed by atoms with Crippen molar-refractivity contribution in [1.29, 1.82) is 0 Å². The first-order valence-corrected chi connectivity index (χ1v) is 16.7. The van der Waals surface area contributed by atoms with Crippen LogP contribution in [0.1, 0.15) is 56.0 Å². The molecule has 7 aromatic rings. The van der Waals surface area contributed by atoms with E-state index in [1.165, 1.54) is 66.4 Å². The molecule has 1 aromatic heterocycles. The first kappa shape index (κ1) is 31.1. The normalized spacial score (nSPS) is 11.3. The second kappa shape index (κ2) is 12.9. The first-order valence-electron chi connectivity index (χ1n) is 16.7. The molecular weight excluding hydrogens is 583 g/mol. The van der Waals surface area contributed by atoms with Gasteiger partial charge < -0.3 is 0 Å². The van der Waals surface area contributed by atoms with Crippen LogP contribution in [0.4, 0.5) is 17.2 Å². The Bertz CT molecular complexity index is 2150. The molecule has 0 spiro atoms. The minimum absolute atomic E-state index is 0.0686. The summed E-state index contributed by atoms with van der Waals surface area (Å²) in [5.41, 5.74) is 16.4. The summed E-state index contributed by atoms with van der Waals surface area (Å²) < 4.78 is 0. The zero-order chi connectivity index (χ0) is 33.4. The van der Waals surface area contributed by atoms with Crippen LogP contribution in [-0.2, 0) is 0 Å². The highest BCUT2D eigenvalue weighted by atomic mass is 15.2. The van der Waals surface area contributed by atoms with Crippen LogP contribution in [0.15, 0.2) is 134 Å². The predicted molar refractivity (Wildman–Crippen MR) is 202 cm³/mol. The molecule has 0 aliphatic rings. The van der Waals surface area contributed by atoms with Crippen molar-refractivity contribution in [2.24, 2.45) is 0 Å². The molecule has 0 unspecified atom stereocenters. The quantitative estimate of drug-likeness (QED) is 0.165. The van der Waals surface area contributed by atoms with E-state index in [0.29, 0.717) is 0 Å². The molecular formula is C45H41N3. The van der Waals surface area contributed by atoms with Crippen molar-refractivity contribution >= 4 is 28.0 Å². The maximum absolute atomic E-state index is 4.77. The van der Waals surface area contributed by atoms with Crippen molar-refractivity contribution in [3.05, 3.63) is 184 Å². The van der Waals surface area contributed by atoms with E-state index in [4.69, 9.17) is 4.98 Å². The Morgan fingerprint density at radius 3 is 1.71 bits per heavy atom. The van der Waals surface area contributed by atoms with Gasteiger partial charge in [-0.2, -0.15) is 0 Å². The number of hydrogen-bond acceptors (Lipinski definition) is 3. The maximum Gasteiger partial charge on any atom is 0.140 e. The van der Waals surface area contributed by atoms with Crippen molar-refractivity contribution in [1.82, 2.24) is 9.97 Å². The average molecular weight is 624 g/mol. The molecule has 0 N–H and O–H groups in total. The Morgan fingerprint density at radius 1 is 0.521 bits per heavy atom. The first-order chi connectivity index (χ1) is 23.3. The number of fused-ring (bicyclic) bond motifs is 1. The number of aryl methyl sites for hydroxylation is 6. The van der Waals surface area contributed by atoms with Crippen LogP contribution in [0.2, 0.25) is 0 Å². The molecule has 0 fully saturated rings. The summed E-state index contributed by atoms with van der Waals surface area (Å²) in [4.78, 5) is 11.3. The molecule has 3 heteroatoms.